The molecular formula is C20H29IN4O2. The van der Waals surface area contributed by atoms with Gasteiger partial charge in [0.2, 0.25) is 0 Å². The van der Waals surface area contributed by atoms with Crippen molar-refractivity contribution < 1.29 is 9.47 Å². The van der Waals surface area contributed by atoms with Crippen LogP contribution in [-0.4, -0.2) is 60.9 Å². The van der Waals surface area contributed by atoms with Crippen LogP contribution in [0.5, 0.6) is 0 Å². The van der Waals surface area contributed by atoms with Crippen LogP contribution in [0.25, 0.3) is 10.9 Å². The predicted octanol–water partition coefficient (Wildman–Crippen LogP) is 3.13. The number of aromatic nitrogens is 1. The molecule has 2 aliphatic heterocycles. The second-order valence-electron chi connectivity index (χ2n) is 6.96. The number of nitrogens with one attached hydrogen (secondary N) is 2. The number of nitrogens with zero attached hydrogens (tertiary/aromatic N) is 2. The fourth-order valence-electron chi connectivity index (χ4n) is 3.79. The van der Waals surface area contributed by atoms with Gasteiger partial charge in [0.15, 0.2) is 5.96 Å². The molecule has 2 atom stereocenters. The molecule has 2 aromatic rings. The topological polar surface area (TPSA) is 61.9 Å². The number of morpholine rings is 1. The van der Waals surface area contributed by atoms with E-state index in [1.807, 2.05) is 0 Å². The molecule has 4 rings (SSSR count). The predicted molar refractivity (Wildman–Crippen MR) is 119 cm³/mol. The highest BCUT2D eigenvalue weighted by Gasteiger charge is 2.32. The molecule has 27 heavy (non-hydrogen) atoms. The Balaban J connectivity index is 0.00000210. The molecule has 1 aromatic carbocycles. The molecule has 2 N–H and O–H groups in total. The summed E-state index contributed by atoms with van der Waals surface area (Å²) >= 11 is 0. The number of hydrogen-bond acceptors (Lipinski definition) is 3. The molecule has 2 unspecified atom stereocenters. The molecular weight excluding hydrogens is 455 g/mol. The monoisotopic (exact) mass is 484 g/mol. The second-order valence-corrected chi connectivity index (χ2v) is 6.96. The number of benzene rings is 1. The number of para-hydroxylation sites is 1. The molecule has 0 spiro atoms. The summed E-state index contributed by atoms with van der Waals surface area (Å²) in [6.45, 7) is 6.88. The van der Waals surface area contributed by atoms with E-state index in [1.165, 1.54) is 5.39 Å². The maximum Gasteiger partial charge on any atom is 0.194 e. The summed E-state index contributed by atoms with van der Waals surface area (Å²) in [7, 11) is 0. The van der Waals surface area contributed by atoms with Gasteiger partial charge in [-0.25, -0.2) is 4.99 Å². The van der Waals surface area contributed by atoms with E-state index >= 15 is 0 Å². The van der Waals surface area contributed by atoms with Crippen LogP contribution in [0.2, 0.25) is 0 Å². The van der Waals surface area contributed by atoms with Gasteiger partial charge in [-0.3, -0.25) is 0 Å². The summed E-state index contributed by atoms with van der Waals surface area (Å²) in [5.74, 6) is 0.956. The molecule has 7 heteroatoms. The zero-order chi connectivity index (χ0) is 17.8. The average molecular weight is 484 g/mol. The minimum Gasteiger partial charge on any atom is -0.375 e. The maximum atomic E-state index is 5.97. The molecule has 2 fully saturated rings. The van der Waals surface area contributed by atoms with Crippen molar-refractivity contribution in [3.8, 4) is 0 Å². The van der Waals surface area contributed by atoms with Gasteiger partial charge in [-0.15, -0.1) is 24.0 Å². The SMILES string of the molecule is CCNC(=NCc1cc2ccccc2[nH]1)N1CCOC(C2CCCO2)C1.I. The third-order valence-electron chi connectivity index (χ3n) is 5.09. The Morgan fingerprint density at radius 1 is 1.26 bits per heavy atom. The Labute approximate surface area is 177 Å². The number of hydrogen-bond donors (Lipinski definition) is 2. The van der Waals surface area contributed by atoms with E-state index in [2.05, 4.69) is 52.5 Å². The van der Waals surface area contributed by atoms with E-state index in [0.717, 1.165) is 62.9 Å². The van der Waals surface area contributed by atoms with E-state index in [4.69, 9.17) is 14.5 Å². The first kappa shape index (κ1) is 20.4. The van der Waals surface area contributed by atoms with Crippen molar-refractivity contribution in [1.82, 2.24) is 15.2 Å². The first-order valence-corrected chi connectivity index (χ1v) is 9.66. The number of H-pyrrole nitrogens is 1. The van der Waals surface area contributed by atoms with Gasteiger partial charge in [0.1, 0.15) is 6.10 Å². The van der Waals surface area contributed by atoms with Gasteiger partial charge in [-0.05, 0) is 37.3 Å². The third-order valence-corrected chi connectivity index (χ3v) is 5.09. The number of halogens is 1. The van der Waals surface area contributed by atoms with Crippen LogP contribution in [-0.2, 0) is 16.0 Å². The van der Waals surface area contributed by atoms with Crippen molar-refractivity contribution in [2.75, 3.05) is 32.8 Å². The van der Waals surface area contributed by atoms with Gasteiger partial charge < -0.3 is 24.7 Å². The Kier molecular flexibility index (Phi) is 7.37. The lowest BCUT2D eigenvalue weighted by molar-refractivity contribution is -0.0817. The van der Waals surface area contributed by atoms with E-state index in [1.54, 1.807) is 0 Å². The van der Waals surface area contributed by atoms with Gasteiger partial charge in [0.05, 0.1) is 19.3 Å². The fraction of sp³-hybridized carbons (Fsp3) is 0.550. The molecule has 3 heterocycles. The van der Waals surface area contributed by atoms with Crippen LogP contribution in [0, 0.1) is 0 Å². The lowest BCUT2D eigenvalue weighted by Gasteiger charge is -2.37. The largest absolute Gasteiger partial charge is 0.375 e. The van der Waals surface area contributed by atoms with Crippen LogP contribution in [0.15, 0.2) is 35.3 Å². The summed E-state index contributed by atoms with van der Waals surface area (Å²) in [6.07, 6.45) is 2.61. The molecule has 2 aliphatic rings. The zero-order valence-corrected chi connectivity index (χ0v) is 18.1. The second kappa shape index (κ2) is 9.75. The molecule has 0 radical (unpaired) electrons. The van der Waals surface area contributed by atoms with Crippen molar-refractivity contribution in [1.29, 1.82) is 0 Å². The molecule has 1 aromatic heterocycles. The molecule has 0 amide bonds. The fourth-order valence-corrected chi connectivity index (χ4v) is 3.79. The molecule has 148 valence electrons. The van der Waals surface area contributed by atoms with Crippen LogP contribution in [0.4, 0.5) is 0 Å². The van der Waals surface area contributed by atoms with Crippen molar-refractivity contribution in [3.05, 3.63) is 36.0 Å². The first-order valence-electron chi connectivity index (χ1n) is 9.66. The smallest absolute Gasteiger partial charge is 0.194 e. The van der Waals surface area contributed by atoms with Crippen molar-refractivity contribution in [3.63, 3.8) is 0 Å². The van der Waals surface area contributed by atoms with Crippen molar-refractivity contribution in [2.24, 2.45) is 4.99 Å². The van der Waals surface area contributed by atoms with Gasteiger partial charge >= 0.3 is 0 Å². The highest BCUT2D eigenvalue weighted by atomic mass is 127. The van der Waals surface area contributed by atoms with Gasteiger partial charge in [-0.1, -0.05) is 18.2 Å². The van der Waals surface area contributed by atoms with Gasteiger partial charge in [-0.2, -0.15) is 0 Å². The van der Waals surface area contributed by atoms with Gasteiger partial charge in [0, 0.05) is 37.5 Å². The minimum atomic E-state index is 0. The molecule has 2 saturated heterocycles. The average Bonchev–Trinajstić information content (AvgIpc) is 3.34. The molecule has 0 aliphatic carbocycles. The Morgan fingerprint density at radius 3 is 2.89 bits per heavy atom. The Bertz CT molecular complexity index is 724. The molecule has 0 bridgehead atoms. The normalized spacial score (nSPS) is 23.4. The number of rotatable bonds is 4. The highest BCUT2D eigenvalue weighted by molar-refractivity contribution is 14.0. The summed E-state index contributed by atoms with van der Waals surface area (Å²) in [4.78, 5) is 10.6. The van der Waals surface area contributed by atoms with E-state index < -0.39 is 0 Å². The standard InChI is InChI=1S/C20H28N4O2.HI/c1-2-21-20(22-13-16-12-15-6-3-4-7-17(15)23-16)24-9-11-26-19(14-24)18-8-5-10-25-18;/h3-4,6-7,12,18-19,23H,2,5,8-11,13-14H2,1H3,(H,21,22);1H. The van der Waals surface area contributed by atoms with Crippen LogP contribution < -0.4 is 5.32 Å². The first-order chi connectivity index (χ1) is 12.8. The third kappa shape index (κ3) is 4.94. The van der Waals surface area contributed by atoms with Crippen molar-refractivity contribution in [2.45, 2.75) is 38.5 Å². The number of guanidine groups is 1. The summed E-state index contributed by atoms with van der Waals surface area (Å²) in [5, 5.41) is 4.66. The lowest BCUT2D eigenvalue weighted by atomic mass is 10.1. The Hall–Kier alpha value is -1.32. The Morgan fingerprint density at radius 2 is 2.11 bits per heavy atom. The van der Waals surface area contributed by atoms with Crippen LogP contribution >= 0.6 is 24.0 Å². The van der Waals surface area contributed by atoms with E-state index in [9.17, 15) is 0 Å². The van der Waals surface area contributed by atoms with Crippen LogP contribution in [0.3, 0.4) is 0 Å². The van der Waals surface area contributed by atoms with Gasteiger partial charge in [0.25, 0.3) is 0 Å². The minimum absolute atomic E-state index is 0. The summed E-state index contributed by atoms with van der Waals surface area (Å²) in [6, 6.07) is 10.5. The highest BCUT2D eigenvalue weighted by Crippen LogP contribution is 2.21. The zero-order valence-electron chi connectivity index (χ0n) is 15.8. The maximum absolute atomic E-state index is 5.97. The quantitative estimate of drug-likeness (QED) is 0.398. The number of aliphatic imine (C=N–C) groups is 1. The lowest BCUT2D eigenvalue weighted by Crippen LogP contribution is -2.53. The number of aromatic amines is 1. The van der Waals surface area contributed by atoms with Crippen molar-refractivity contribution >= 4 is 40.8 Å². The van der Waals surface area contributed by atoms with E-state index in [-0.39, 0.29) is 36.2 Å². The molecule has 6 nitrogen and oxygen atoms in total. The number of ether oxygens (including phenoxy) is 2. The number of fused-ring (bicyclic) bond motifs is 1. The summed E-state index contributed by atoms with van der Waals surface area (Å²) in [5.41, 5.74) is 2.29. The molecule has 0 saturated carbocycles. The summed E-state index contributed by atoms with van der Waals surface area (Å²) < 4.78 is 11.8. The van der Waals surface area contributed by atoms with E-state index in [0.29, 0.717) is 6.54 Å². The van der Waals surface area contributed by atoms with Crippen LogP contribution in [0.1, 0.15) is 25.5 Å².